The molecule has 17 heavy (non-hydrogen) atoms. The Morgan fingerprint density at radius 2 is 1.88 bits per heavy atom. The first kappa shape index (κ1) is 15.9. The minimum atomic E-state index is -2.93. The van der Waals surface area contributed by atoms with Crippen LogP contribution in [-0.4, -0.2) is 68.1 Å². The second kappa shape index (κ2) is 5.99. The molecule has 0 rings (SSSR count). The lowest BCUT2D eigenvalue weighted by molar-refractivity contribution is -0.186. The van der Waals surface area contributed by atoms with Gasteiger partial charge in [-0.1, -0.05) is 6.58 Å². The van der Waals surface area contributed by atoms with E-state index in [1.54, 1.807) is 0 Å². The van der Waals surface area contributed by atoms with E-state index in [0.29, 0.717) is 0 Å². The Hall–Kier alpha value is -1.12. The van der Waals surface area contributed by atoms with Gasteiger partial charge in [-0.3, -0.25) is 4.79 Å². The summed E-state index contributed by atoms with van der Waals surface area (Å²) in [4.78, 5) is 22.1. The van der Waals surface area contributed by atoms with Crippen molar-refractivity contribution in [2.75, 3.05) is 6.61 Å². The number of hydrogen-bond donors (Lipinski definition) is 5. The van der Waals surface area contributed by atoms with Crippen molar-refractivity contribution in [1.82, 2.24) is 0 Å². The minimum absolute atomic E-state index is 0.159. The molecule has 7 nitrogen and oxygen atoms in total. The Balaban J connectivity index is 5.46. The minimum Gasteiger partial charge on any atom is -0.394 e. The molecule has 0 unspecified atom stereocenters. The number of hydrogen-bond acceptors (Lipinski definition) is 7. The van der Waals surface area contributed by atoms with Gasteiger partial charge in [0.15, 0.2) is 17.7 Å². The maximum absolute atomic E-state index is 11.6. The third-order valence-electron chi connectivity index (χ3n) is 2.33. The molecule has 0 radical (unpaired) electrons. The molecule has 5 N–H and O–H groups in total. The SMILES string of the molecule is C=C(C)C(=O)[C@](O)([C@H](O)[C@H](O)CO)[C@@H](O)C=O. The molecule has 0 spiro atoms. The second-order valence-electron chi connectivity index (χ2n) is 3.71. The van der Waals surface area contributed by atoms with Crippen LogP contribution in [0.15, 0.2) is 12.2 Å². The van der Waals surface area contributed by atoms with Gasteiger partial charge in [-0.15, -0.1) is 0 Å². The number of ketones is 1. The van der Waals surface area contributed by atoms with E-state index in [9.17, 15) is 24.9 Å². The van der Waals surface area contributed by atoms with E-state index in [-0.39, 0.29) is 11.9 Å². The highest BCUT2D eigenvalue weighted by Gasteiger charge is 2.51. The van der Waals surface area contributed by atoms with Crippen LogP contribution in [0.1, 0.15) is 6.92 Å². The van der Waals surface area contributed by atoms with Crippen LogP contribution < -0.4 is 0 Å². The van der Waals surface area contributed by atoms with Crippen molar-refractivity contribution in [2.24, 2.45) is 0 Å². The number of rotatable bonds is 7. The molecule has 0 bridgehead atoms. The summed E-state index contributed by atoms with van der Waals surface area (Å²) in [5.74, 6) is -1.20. The van der Waals surface area contributed by atoms with Gasteiger partial charge in [-0.05, 0) is 12.5 Å². The summed E-state index contributed by atoms with van der Waals surface area (Å²) < 4.78 is 0. The summed E-state index contributed by atoms with van der Waals surface area (Å²) in [6.07, 6.45) is -6.52. The van der Waals surface area contributed by atoms with Crippen molar-refractivity contribution >= 4 is 12.1 Å². The smallest absolute Gasteiger partial charge is 0.195 e. The number of carbonyl (C=O) groups is 2. The van der Waals surface area contributed by atoms with Crippen LogP contribution in [0.5, 0.6) is 0 Å². The molecule has 7 heteroatoms. The topological polar surface area (TPSA) is 135 Å². The van der Waals surface area contributed by atoms with Gasteiger partial charge in [-0.25, -0.2) is 0 Å². The van der Waals surface area contributed by atoms with Gasteiger partial charge in [0.2, 0.25) is 0 Å². The molecule has 0 aromatic heterocycles. The van der Waals surface area contributed by atoms with Crippen LogP contribution in [0.4, 0.5) is 0 Å². The third-order valence-corrected chi connectivity index (χ3v) is 2.33. The van der Waals surface area contributed by atoms with Crippen LogP contribution in [0, 0.1) is 0 Å². The molecule has 0 aromatic carbocycles. The van der Waals surface area contributed by atoms with Crippen LogP contribution in [0.3, 0.4) is 0 Å². The molecule has 0 heterocycles. The molecule has 0 amide bonds. The van der Waals surface area contributed by atoms with Crippen molar-refractivity contribution in [3.63, 3.8) is 0 Å². The fourth-order valence-electron chi connectivity index (χ4n) is 1.28. The average molecular weight is 248 g/mol. The predicted octanol–water partition coefficient (Wildman–Crippen LogP) is -2.86. The molecular weight excluding hydrogens is 232 g/mol. The van der Waals surface area contributed by atoms with Gasteiger partial charge in [-0.2, -0.15) is 0 Å². The predicted molar refractivity (Wildman–Crippen MR) is 55.9 cm³/mol. The molecule has 98 valence electrons. The Morgan fingerprint density at radius 3 is 2.18 bits per heavy atom. The summed E-state index contributed by atoms with van der Waals surface area (Å²) in [5, 5.41) is 46.5. The zero-order chi connectivity index (χ0) is 13.8. The van der Waals surface area contributed by atoms with Gasteiger partial charge >= 0.3 is 0 Å². The lowest BCUT2D eigenvalue weighted by atomic mass is 9.81. The summed E-state index contributed by atoms with van der Waals surface area (Å²) >= 11 is 0. The van der Waals surface area contributed by atoms with Gasteiger partial charge in [0.05, 0.1) is 6.61 Å². The summed E-state index contributed by atoms with van der Waals surface area (Å²) in [5.41, 5.74) is -3.16. The van der Waals surface area contributed by atoms with Crippen LogP contribution in [-0.2, 0) is 9.59 Å². The Bertz CT molecular complexity index is 314. The fourth-order valence-corrected chi connectivity index (χ4v) is 1.28. The Labute approximate surface area is 97.6 Å². The standard InChI is InChI=1S/C10H16O7/c1-5(2)8(15)10(17,7(14)4-12)9(16)6(13)3-11/h4,6-7,9,11,13-14,16-17H,1,3H2,2H3/t6-,7+,9-,10+/m1/s1. The van der Waals surface area contributed by atoms with Crippen molar-refractivity contribution in [3.8, 4) is 0 Å². The van der Waals surface area contributed by atoms with E-state index in [1.807, 2.05) is 0 Å². The number of Topliss-reactive ketones (excluding diaryl/α,β-unsaturated/α-hetero) is 1. The molecule has 0 aliphatic carbocycles. The van der Waals surface area contributed by atoms with E-state index in [0.717, 1.165) is 0 Å². The van der Waals surface area contributed by atoms with Crippen LogP contribution in [0.25, 0.3) is 0 Å². The van der Waals surface area contributed by atoms with E-state index in [4.69, 9.17) is 10.2 Å². The van der Waals surface area contributed by atoms with Crippen molar-refractivity contribution < 1.29 is 35.1 Å². The Morgan fingerprint density at radius 1 is 1.41 bits per heavy atom. The lowest BCUT2D eigenvalue weighted by Crippen LogP contribution is -2.63. The first-order valence-corrected chi connectivity index (χ1v) is 4.76. The third kappa shape index (κ3) is 2.96. The lowest BCUT2D eigenvalue weighted by Gasteiger charge is -2.35. The maximum atomic E-state index is 11.6. The normalized spacial score (nSPS) is 19.9. The number of aldehydes is 1. The molecular formula is C10H16O7. The fraction of sp³-hybridized carbons (Fsp3) is 0.600. The van der Waals surface area contributed by atoms with Gasteiger partial charge in [0, 0.05) is 0 Å². The molecule has 0 aromatic rings. The van der Waals surface area contributed by atoms with E-state index < -0.39 is 36.3 Å². The highest BCUT2D eigenvalue weighted by Crippen LogP contribution is 2.22. The number of aliphatic hydroxyl groups is 5. The first-order valence-electron chi connectivity index (χ1n) is 4.76. The summed E-state index contributed by atoms with van der Waals surface area (Å²) in [7, 11) is 0. The van der Waals surface area contributed by atoms with Gasteiger partial charge in [0.25, 0.3) is 0 Å². The second-order valence-corrected chi connectivity index (χ2v) is 3.71. The molecule has 0 saturated carbocycles. The van der Waals surface area contributed by atoms with Crippen molar-refractivity contribution in [2.45, 2.75) is 30.8 Å². The highest BCUT2D eigenvalue weighted by atomic mass is 16.4. The van der Waals surface area contributed by atoms with E-state index in [1.165, 1.54) is 6.92 Å². The van der Waals surface area contributed by atoms with Gasteiger partial charge < -0.3 is 30.3 Å². The highest BCUT2D eigenvalue weighted by molar-refractivity contribution is 6.03. The van der Waals surface area contributed by atoms with E-state index >= 15 is 0 Å². The quantitative estimate of drug-likeness (QED) is 0.241. The average Bonchev–Trinajstić information content (AvgIpc) is 2.33. The monoisotopic (exact) mass is 248 g/mol. The zero-order valence-corrected chi connectivity index (χ0v) is 9.28. The molecule has 0 saturated heterocycles. The van der Waals surface area contributed by atoms with Crippen molar-refractivity contribution in [1.29, 1.82) is 0 Å². The van der Waals surface area contributed by atoms with Crippen molar-refractivity contribution in [3.05, 3.63) is 12.2 Å². The summed E-state index contributed by atoms with van der Waals surface area (Å²) in [6.45, 7) is 3.45. The zero-order valence-electron chi connectivity index (χ0n) is 9.28. The van der Waals surface area contributed by atoms with Crippen LogP contribution in [0.2, 0.25) is 0 Å². The first-order chi connectivity index (χ1) is 7.73. The molecule has 4 atom stereocenters. The van der Waals surface area contributed by atoms with Crippen LogP contribution >= 0.6 is 0 Å². The molecule has 0 aliphatic heterocycles. The molecule has 0 aliphatic rings. The summed E-state index contributed by atoms with van der Waals surface area (Å²) in [6, 6.07) is 0. The largest absolute Gasteiger partial charge is 0.394 e. The van der Waals surface area contributed by atoms with Gasteiger partial charge in [0.1, 0.15) is 18.3 Å². The Kier molecular flexibility index (Phi) is 5.59. The number of carbonyl (C=O) groups excluding carboxylic acids is 2. The maximum Gasteiger partial charge on any atom is 0.195 e. The molecule has 0 fully saturated rings. The van der Waals surface area contributed by atoms with E-state index in [2.05, 4.69) is 6.58 Å². The number of aliphatic hydroxyl groups excluding tert-OH is 4.